The molecule has 0 saturated carbocycles. The maximum atomic E-state index is 12.6. The molecule has 6 heteroatoms. The standard InChI is InChI=1S/C27H36INO4/c1-26(2,20-29(4)25(31)33-19-21-12-7-6-8-13-21)16-9-10-17-27(3,24(30)32-5)22-14-11-15-23(28)18-22/h6-8,11-15,18H,9-10,16-17,19-20H2,1-5H3. The summed E-state index contributed by atoms with van der Waals surface area (Å²) in [4.78, 5) is 26.7. The minimum absolute atomic E-state index is 0.0652. The summed E-state index contributed by atoms with van der Waals surface area (Å²) in [5.41, 5.74) is 1.23. The number of nitrogens with zero attached hydrogens (tertiary/aromatic N) is 1. The van der Waals surface area contributed by atoms with Gasteiger partial charge in [0.2, 0.25) is 0 Å². The second-order valence-electron chi connectivity index (χ2n) is 9.60. The zero-order valence-corrected chi connectivity index (χ0v) is 22.6. The van der Waals surface area contributed by atoms with Gasteiger partial charge in [0.25, 0.3) is 0 Å². The number of carbonyl (C=O) groups is 2. The summed E-state index contributed by atoms with van der Waals surface area (Å²) in [7, 11) is 3.23. The van der Waals surface area contributed by atoms with E-state index in [1.54, 1.807) is 11.9 Å². The number of ether oxygens (including phenoxy) is 2. The lowest BCUT2D eigenvalue weighted by Gasteiger charge is -2.31. The summed E-state index contributed by atoms with van der Waals surface area (Å²) in [6, 6.07) is 17.7. The Bertz CT molecular complexity index is 915. The Morgan fingerprint density at radius 2 is 1.64 bits per heavy atom. The highest BCUT2D eigenvalue weighted by molar-refractivity contribution is 14.1. The molecule has 2 rings (SSSR count). The van der Waals surface area contributed by atoms with Crippen LogP contribution in [0, 0.1) is 8.99 Å². The monoisotopic (exact) mass is 565 g/mol. The van der Waals surface area contributed by atoms with Crippen LogP contribution in [0.1, 0.15) is 57.6 Å². The highest BCUT2D eigenvalue weighted by Gasteiger charge is 2.36. The molecule has 1 atom stereocenters. The number of esters is 1. The van der Waals surface area contributed by atoms with E-state index in [0.29, 0.717) is 13.0 Å². The third kappa shape index (κ3) is 8.32. The van der Waals surface area contributed by atoms with E-state index in [1.165, 1.54) is 7.11 Å². The minimum atomic E-state index is -0.669. The third-order valence-electron chi connectivity index (χ3n) is 6.06. The van der Waals surface area contributed by atoms with Crippen LogP contribution >= 0.6 is 22.6 Å². The van der Waals surface area contributed by atoms with Crippen molar-refractivity contribution in [3.8, 4) is 0 Å². The van der Waals surface area contributed by atoms with Gasteiger partial charge in [0.15, 0.2) is 0 Å². The van der Waals surface area contributed by atoms with Crippen LogP contribution in [0.3, 0.4) is 0 Å². The van der Waals surface area contributed by atoms with Crippen molar-refractivity contribution < 1.29 is 19.1 Å². The van der Waals surface area contributed by atoms with Crippen molar-refractivity contribution in [3.05, 3.63) is 69.3 Å². The smallest absolute Gasteiger partial charge is 0.409 e. The minimum Gasteiger partial charge on any atom is -0.468 e. The molecule has 33 heavy (non-hydrogen) atoms. The van der Waals surface area contributed by atoms with E-state index in [-0.39, 0.29) is 24.1 Å². The molecule has 0 aliphatic heterocycles. The van der Waals surface area contributed by atoms with Crippen LogP contribution in [0.5, 0.6) is 0 Å². The first-order chi connectivity index (χ1) is 15.6. The lowest BCUT2D eigenvalue weighted by atomic mass is 9.77. The van der Waals surface area contributed by atoms with Crippen molar-refractivity contribution in [2.45, 2.75) is 58.5 Å². The maximum Gasteiger partial charge on any atom is 0.409 e. The largest absolute Gasteiger partial charge is 0.468 e. The van der Waals surface area contributed by atoms with E-state index >= 15 is 0 Å². The SMILES string of the molecule is COC(=O)C(C)(CCCCC(C)(C)CN(C)C(=O)OCc1ccccc1)c1cccc(I)c1. The van der Waals surface area contributed by atoms with Gasteiger partial charge in [-0.3, -0.25) is 4.79 Å². The summed E-state index contributed by atoms with van der Waals surface area (Å²) < 4.78 is 11.7. The van der Waals surface area contributed by atoms with E-state index in [2.05, 4.69) is 42.5 Å². The Kier molecular flexibility index (Phi) is 10.2. The number of unbranched alkanes of at least 4 members (excludes halogenated alkanes) is 1. The van der Waals surface area contributed by atoms with Crippen molar-refractivity contribution in [2.75, 3.05) is 20.7 Å². The molecule has 0 radical (unpaired) electrons. The lowest BCUT2D eigenvalue weighted by molar-refractivity contribution is -0.147. The molecule has 5 nitrogen and oxygen atoms in total. The number of hydrogen-bond acceptors (Lipinski definition) is 4. The summed E-state index contributed by atoms with van der Waals surface area (Å²) in [5.74, 6) is -0.204. The van der Waals surface area contributed by atoms with E-state index in [0.717, 1.165) is 34.0 Å². The molecule has 2 aromatic carbocycles. The highest BCUT2D eigenvalue weighted by Crippen LogP contribution is 2.34. The number of hydrogen-bond donors (Lipinski definition) is 0. The predicted octanol–water partition coefficient (Wildman–Crippen LogP) is 6.58. The van der Waals surface area contributed by atoms with Gasteiger partial charge in [-0.05, 0) is 71.0 Å². The van der Waals surface area contributed by atoms with E-state index in [9.17, 15) is 9.59 Å². The van der Waals surface area contributed by atoms with E-state index in [4.69, 9.17) is 9.47 Å². The van der Waals surface area contributed by atoms with Crippen LogP contribution < -0.4 is 0 Å². The van der Waals surface area contributed by atoms with Crippen LogP contribution in [-0.4, -0.2) is 37.7 Å². The summed E-state index contributed by atoms with van der Waals surface area (Å²) in [5, 5.41) is 0. The molecule has 0 fully saturated rings. The Morgan fingerprint density at radius 1 is 0.970 bits per heavy atom. The highest BCUT2D eigenvalue weighted by atomic mass is 127. The van der Waals surface area contributed by atoms with Gasteiger partial charge in [0.1, 0.15) is 6.61 Å². The van der Waals surface area contributed by atoms with Crippen LogP contribution in [0.2, 0.25) is 0 Å². The number of amides is 1. The average molecular weight is 565 g/mol. The van der Waals surface area contributed by atoms with Crippen molar-refractivity contribution in [3.63, 3.8) is 0 Å². The van der Waals surface area contributed by atoms with Gasteiger partial charge < -0.3 is 14.4 Å². The van der Waals surface area contributed by atoms with Gasteiger partial charge in [-0.25, -0.2) is 4.79 Å². The van der Waals surface area contributed by atoms with Crippen LogP contribution in [0.25, 0.3) is 0 Å². The summed E-state index contributed by atoms with van der Waals surface area (Å²) in [6.45, 7) is 7.16. The quantitative estimate of drug-likeness (QED) is 0.176. The summed E-state index contributed by atoms with van der Waals surface area (Å²) >= 11 is 2.27. The van der Waals surface area contributed by atoms with Gasteiger partial charge in [-0.15, -0.1) is 0 Å². The van der Waals surface area contributed by atoms with Gasteiger partial charge in [-0.1, -0.05) is 69.2 Å². The number of benzene rings is 2. The molecule has 0 aliphatic rings. The van der Waals surface area contributed by atoms with Crippen LogP contribution in [-0.2, 0) is 26.3 Å². The molecule has 1 unspecified atom stereocenters. The molecular weight excluding hydrogens is 529 g/mol. The molecule has 0 aliphatic carbocycles. The Hall–Kier alpha value is -2.09. The van der Waals surface area contributed by atoms with Crippen molar-refractivity contribution >= 4 is 34.7 Å². The molecule has 1 amide bonds. The number of rotatable bonds is 11. The number of carbonyl (C=O) groups excluding carboxylic acids is 2. The van der Waals surface area contributed by atoms with Crippen LogP contribution in [0.4, 0.5) is 4.79 Å². The van der Waals surface area contributed by atoms with Gasteiger partial charge in [0.05, 0.1) is 12.5 Å². The second kappa shape index (κ2) is 12.4. The fourth-order valence-corrected chi connectivity index (χ4v) is 4.66. The van der Waals surface area contributed by atoms with Gasteiger partial charge in [-0.2, -0.15) is 0 Å². The first-order valence-electron chi connectivity index (χ1n) is 11.3. The predicted molar refractivity (Wildman–Crippen MR) is 140 cm³/mol. The topological polar surface area (TPSA) is 55.8 Å². The third-order valence-corrected chi connectivity index (χ3v) is 6.73. The van der Waals surface area contributed by atoms with Gasteiger partial charge in [0, 0.05) is 17.2 Å². The van der Waals surface area contributed by atoms with Crippen molar-refractivity contribution in [1.29, 1.82) is 0 Å². The van der Waals surface area contributed by atoms with Crippen molar-refractivity contribution in [2.24, 2.45) is 5.41 Å². The van der Waals surface area contributed by atoms with E-state index in [1.807, 2.05) is 55.5 Å². The normalized spacial score (nSPS) is 13.2. The number of halogens is 1. The van der Waals surface area contributed by atoms with Crippen LogP contribution in [0.15, 0.2) is 54.6 Å². The lowest BCUT2D eigenvalue weighted by Crippen LogP contribution is -2.36. The molecular formula is C27H36INO4. The molecule has 0 aromatic heterocycles. The fourth-order valence-electron chi connectivity index (χ4n) is 4.12. The molecule has 0 saturated heterocycles. The second-order valence-corrected chi connectivity index (χ2v) is 10.8. The summed E-state index contributed by atoms with van der Waals surface area (Å²) in [6.07, 6.45) is 3.18. The Morgan fingerprint density at radius 3 is 2.27 bits per heavy atom. The molecule has 0 bridgehead atoms. The molecule has 0 heterocycles. The first-order valence-corrected chi connectivity index (χ1v) is 12.4. The van der Waals surface area contributed by atoms with Crippen molar-refractivity contribution in [1.82, 2.24) is 4.90 Å². The fraction of sp³-hybridized carbons (Fsp3) is 0.481. The first kappa shape index (κ1) is 27.2. The maximum absolute atomic E-state index is 12.6. The Labute approximate surface area is 212 Å². The number of methoxy groups -OCH3 is 1. The van der Waals surface area contributed by atoms with E-state index < -0.39 is 5.41 Å². The zero-order chi connectivity index (χ0) is 24.5. The molecule has 180 valence electrons. The van der Waals surface area contributed by atoms with Gasteiger partial charge >= 0.3 is 12.1 Å². The molecule has 0 spiro atoms. The Balaban J connectivity index is 1.85. The molecule has 0 N–H and O–H groups in total. The zero-order valence-electron chi connectivity index (χ0n) is 20.4. The average Bonchev–Trinajstić information content (AvgIpc) is 2.79. The molecule has 2 aromatic rings.